The van der Waals surface area contributed by atoms with Gasteiger partial charge in [-0.25, -0.2) is 0 Å². The first-order chi connectivity index (χ1) is 8.91. The van der Waals surface area contributed by atoms with E-state index in [0.717, 1.165) is 12.8 Å². The van der Waals surface area contributed by atoms with Gasteiger partial charge in [0, 0.05) is 12.6 Å². The van der Waals surface area contributed by atoms with Gasteiger partial charge in [0.2, 0.25) is 0 Å². The second kappa shape index (κ2) is 7.11. The van der Waals surface area contributed by atoms with Crippen molar-refractivity contribution in [2.75, 3.05) is 13.2 Å². The van der Waals surface area contributed by atoms with E-state index in [1.807, 2.05) is 6.92 Å². The van der Waals surface area contributed by atoms with Crippen LogP contribution in [-0.2, 0) is 4.74 Å². The molecule has 1 atom stereocenters. The molecule has 0 radical (unpaired) electrons. The molecule has 1 unspecified atom stereocenters. The van der Waals surface area contributed by atoms with E-state index < -0.39 is 18.1 Å². The lowest BCUT2D eigenvalue weighted by molar-refractivity contribution is -0.145. The second-order valence-electron chi connectivity index (χ2n) is 5.05. The van der Waals surface area contributed by atoms with E-state index in [1.165, 1.54) is 0 Å². The van der Waals surface area contributed by atoms with Gasteiger partial charge in [0.1, 0.15) is 5.54 Å². The number of rotatable bonds is 9. The zero-order valence-electron chi connectivity index (χ0n) is 11.2. The number of alkyl halides is 3. The van der Waals surface area contributed by atoms with Crippen molar-refractivity contribution in [1.82, 2.24) is 5.32 Å². The lowest BCUT2D eigenvalue weighted by Crippen LogP contribution is -2.44. The first-order valence-corrected chi connectivity index (χ1v) is 6.74. The summed E-state index contributed by atoms with van der Waals surface area (Å²) < 4.78 is 40.6. The monoisotopic (exact) mass is 278 g/mol. The lowest BCUT2D eigenvalue weighted by atomic mass is 9.92. The van der Waals surface area contributed by atoms with Gasteiger partial charge in [0.25, 0.3) is 0 Å². The fourth-order valence-corrected chi connectivity index (χ4v) is 1.90. The van der Waals surface area contributed by atoms with E-state index in [2.05, 4.69) is 11.4 Å². The first kappa shape index (κ1) is 16.3. The fraction of sp³-hybridized carbons (Fsp3) is 0.923. The molecule has 1 fully saturated rings. The number of nitrogens with one attached hydrogen (secondary N) is 1. The highest BCUT2D eigenvalue weighted by molar-refractivity contribution is 5.09. The summed E-state index contributed by atoms with van der Waals surface area (Å²) in [5.74, 6) is 0. The molecule has 1 N–H and O–H groups in total. The van der Waals surface area contributed by atoms with Gasteiger partial charge in [0.15, 0.2) is 0 Å². The summed E-state index contributed by atoms with van der Waals surface area (Å²) >= 11 is 0. The predicted molar refractivity (Wildman–Crippen MR) is 65.5 cm³/mol. The van der Waals surface area contributed by atoms with Gasteiger partial charge in [-0.15, -0.1) is 0 Å². The number of nitrogens with zero attached hydrogens (tertiary/aromatic N) is 1. The Morgan fingerprint density at radius 1 is 1.26 bits per heavy atom. The minimum atomic E-state index is -4.16. The summed E-state index contributed by atoms with van der Waals surface area (Å²) in [6, 6.07) is 2.74. The maximum absolute atomic E-state index is 11.9. The van der Waals surface area contributed by atoms with Gasteiger partial charge in [-0.1, -0.05) is 6.92 Å². The summed E-state index contributed by atoms with van der Waals surface area (Å²) in [7, 11) is 0. The van der Waals surface area contributed by atoms with Crippen molar-refractivity contribution in [3.05, 3.63) is 0 Å². The average Bonchev–Trinajstić information content (AvgIpc) is 3.14. The molecule has 0 spiro atoms. The molecule has 0 saturated heterocycles. The topological polar surface area (TPSA) is 45.0 Å². The van der Waals surface area contributed by atoms with Crippen LogP contribution in [0.25, 0.3) is 0 Å². The van der Waals surface area contributed by atoms with Gasteiger partial charge in [0.05, 0.1) is 19.1 Å². The molecule has 19 heavy (non-hydrogen) atoms. The van der Waals surface area contributed by atoms with Crippen LogP contribution in [0.2, 0.25) is 0 Å². The van der Waals surface area contributed by atoms with E-state index in [-0.39, 0.29) is 13.2 Å². The smallest absolute Gasteiger partial charge is 0.381 e. The maximum atomic E-state index is 11.9. The molecule has 110 valence electrons. The van der Waals surface area contributed by atoms with Crippen molar-refractivity contribution in [3.8, 4) is 6.07 Å². The van der Waals surface area contributed by atoms with Crippen LogP contribution in [0.3, 0.4) is 0 Å². The molecule has 0 amide bonds. The minimum absolute atomic E-state index is 0.270. The van der Waals surface area contributed by atoms with E-state index in [4.69, 9.17) is 4.74 Å². The van der Waals surface area contributed by atoms with Gasteiger partial charge >= 0.3 is 6.18 Å². The second-order valence-corrected chi connectivity index (χ2v) is 5.05. The summed E-state index contributed by atoms with van der Waals surface area (Å²) in [5, 5.41) is 12.6. The van der Waals surface area contributed by atoms with E-state index in [9.17, 15) is 18.4 Å². The Morgan fingerprint density at radius 2 is 1.95 bits per heavy atom. The Morgan fingerprint density at radius 3 is 2.42 bits per heavy atom. The molecule has 0 aromatic carbocycles. The van der Waals surface area contributed by atoms with Gasteiger partial charge < -0.3 is 4.74 Å². The molecular weight excluding hydrogens is 257 g/mol. The summed E-state index contributed by atoms with van der Waals surface area (Å²) in [5.41, 5.74) is -0.547. The highest BCUT2D eigenvalue weighted by Crippen LogP contribution is 2.26. The van der Waals surface area contributed by atoms with Crippen molar-refractivity contribution >= 4 is 0 Å². The molecule has 0 bridgehead atoms. The van der Waals surface area contributed by atoms with Crippen LogP contribution in [0.4, 0.5) is 13.2 Å². The number of hydrogen-bond acceptors (Lipinski definition) is 3. The van der Waals surface area contributed by atoms with Crippen LogP contribution >= 0.6 is 0 Å². The van der Waals surface area contributed by atoms with Crippen LogP contribution < -0.4 is 5.32 Å². The van der Waals surface area contributed by atoms with Gasteiger partial charge in [-0.2, -0.15) is 18.4 Å². The quantitative estimate of drug-likeness (QED) is 0.659. The SMILES string of the molecule is CCC(C#N)(CCCOCCC(F)(F)F)NC1CC1. The number of ether oxygens (including phenoxy) is 1. The fourth-order valence-electron chi connectivity index (χ4n) is 1.90. The molecule has 1 aliphatic rings. The highest BCUT2D eigenvalue weighted by atomic mass is 19.4. The Kier molecular flexibility index (Phi) is 6.08. The van der Waals surface area contributed by atoms with E-state index >= 15 is 0 Å². The van der Waals surface area contributed by atoms with Gasteiger partial charge in [-0.05, 0) is 32.1 Å². The summed E-state index contributed by atoms with van der Waals surface area (Å²) in [6.07, 6.45) is -0.959. The Labute approximate surface area is 112 Å². The van der Waals surface area contributed by atoms with Crippen molar-refractivity contribution in [2.24, 2.45) is 0 Å². The van der Waals surface area contributed by atoms with Gasteiger partial charge in [-0.3, -0.25) is 5.32 Å². The maximum Gasteiger partial charge on any atom is 0.391 e. The van der Waals surface area contributed by atoms with Crippen LogP contribution in [0.15, 0.2) is 0 Å². The minimum Gasteiger partial charge on any atom is -0.381 e. The van der Waals surface area contributed by atoms with Crippen molar-refractivity contribution in [1.29, 1.82) is 5.26 Å². The average molecular weight is 278 g/mol. The lowest BCUT2D eigenvalue weighted by Gasteiger charge is -2.26. The third-order valence-corrected chi connectivity index (χ3v) is 3.30. The van der Waals surface area contributed by atoms with Crippen molar-refractivity contribution in [3.63, 3.8) is 0 Å². The Hall–Kier alpha value is -0.800. The molecule has 0 aromatic heterocycles. The predicted octanol–water partition coefficient (Wildman–Crippen LogP) is 3.16. The molecule has 1 saturated carbocycles. The van der Waals surface area contributed by atoms with E-state index in [0.29, 0.717) is 25.3 Å². The zero-order valence-corrected chi connectivity index (χ0v) is 11.2. The molecule has 1 aliphatic carbocycles. The standard InChI is InChI=1S/C13H21F3N2O/c1-2-12(10-17,18-11-4-5-11)6-3-8-19-9-7-13(14,15)16/h11,18H,2-9H2,1H3. The summed E-state index contributed by atoms with van der Waals surface area (Å²) in [4.78, 5) is 0. The number of nitriles is 1. The Balaban J connectivity index is 2.16. The molecule has 0 aliphatic heterocycles. The molecule has 6 heteroatoms. The molecule has 0 aromatic rings. The third kappa shape index (κ3) is 6.79. The van der Waals surface area contributed by atoms with Crippen molar-refractivity contribution < 1.29 is 17.9 Å². The normalized spacial score (nSPS) is 18.9. The van der Waals surface area contributed by atoms with Crippen LogP contribution in [0, 0.1) is 11.3 Å². The number of halogens is 3. The van der Waals surface area contributed by atoms with E-state index in [1.54, 1.807) is 0 Å². The van der Waals surface area contributed by atoms with Crippen LogP contribution in [-0.4, -0.2) is 31.0 Å². The third-order valence-electron chi connectivity index (χ3n) is 3.30. The largest absolute Gasteiger partial charge is 0.391 e. The molecule has 3 nitrogen and oxygen atoms in total. The Bertz CT molecular complexity index is 310. The number of hydrogen-bond donors (Lipinski definition) is 1. The van der Waals surface area contributed by atoms with Crippen LogP contribution in [0.5, 0.6) is 0 Å². The zero-order chi connectivity index (χ0) is 14.4. The summed E-state index contributed by atoms with van der Waals surface area (Å²) in [6.45, 7) is 1.92. The van der Waals surface area contributed by atoms with Crippen molar-refractivity contribution in [2.45, 2.75) is 63.2 Å². The highest BCUT2D eigenvalue weighted by Gasteiger charge is 2.34. The molecule has 1 rings (SSSR count). The molecule has 0 heterocycles. The molecular formula is C13H21F3N2O. The van der Waals surface area contributed by atoms with Crippen LogP contribution in [0.1, 0.15) is 45.4 Å². The first-order valence-electron chi connectivity index (χ1n) is 6.74.